The van der Waals surface area contributed by atoms with Crippen LogP contribution in [0, 0.1) is 11.7 Å². The lowest BCUT2D eigenvalue weighted by molar-refractivity contribution is 0.0696. The lowest BCUT2D eigenvalue weighted by Crippen LogP contribution is -2.34. The quantitative estimate of drug-likeness (QED) is 0.883. The summed E-state index contributed by atoms with van der Waals surface area (Å²) in [6.45, 7) is 4.40. The van der Waals surface area contributed by atoms with E-state index in [1.807, 2.05) is 13.8 Å². The first-order valence-corrected chi connectivity index (χ1v) is 7.60. The summed E-state index contributed by atoms with van der Waals surface area (Å²) in [6, 6.07) is 8.82. The third-order valence-corrected chi connectivity index (χ3v) is 3.42. The summed E-state index contributed by atoms with van der Waals surface area (Å²) in [5.41, 5.74) is 0.427. The molecule has 2 rings (SSSR count). The van der Waals surface area contributed by atoms with Gasteiger partial charge in [0.2, 0.25) is 0 Å². The van der Waals surface area contributed by atoms with Gasteiger partial charge in [-0.05, 0) is 24.1 Å². The van der Waals surface area contributed by atoms with E-state index >= 15 is 0 Å². The Morgan fingerprint density at radius 2 is 1.96 bits per heavy atom. The molecule has 0 saturated heterocycles. The monoisotopic (exact) mass is 330 g/mol. The second kappa shape index (κ2) is 7.68. The lowest BCUT2D eigenvalue weighted by atomic mass is 10.1. The number of pyridine rings is 1. The molecule has 1 heterocycles. The van der Waals surface area contributed by atoms with E-state index in [0.717, 1.165) is 0 Å². The molecule has 0 fully saturated rings. The van der Waals surface area contributed by atoms with Gasteiger partial charge in [-0.1, -0.05) is 32.0 Å². The summed E-state index contributed by atoms with van der Waals surface area (Å²) in [5.74, 6) is -1.76. The van der Waals surface area contributed by atoms with Crippen LogP contribution in [0.3, 0.4) is 0 Å². The van der Waals surface area contributed by atoms with Gasteiger partial charge in [0.15, 0.2) is 0 Å². The highest BCUT2D eigenvalue weighted by atomic mass is 19.1. The molecule has 2 aromatic rings. The van der Waals surface area contributed by atoms with Crippen molar-refractivity contribution in [3.05, 3.63) is 65.2 Å². The van der Waals surface area contributed by atoms with Crippen molar-refractivity contribution in [2.45, 2.75) is 20.4 Å². The van der Waals surface area contributed by atoms with Crippen LogP contribution in [0.25, 0.3) is 0 Å². The Balaban J connectivity index is 2.30. The predicted octanol–water partition coefficient (Wildman–Crippen LogP) is 3.22. The van der Waals surface area contributed by atoms with Gasteiger partial charge in [0.25, 0.3) is 5.91 Å². The maximum atomic E-state index is 13.9. The molecule has 0 aliphatic heterocycles. The fourth-order valence-corrected chi connectivity index (χ4v) is 2.33. The predicted molar refractivity (Wildman–Crippen MR) is 87.2 cm³/mol. The summed E-state index contributed by atoms with van der Waals surface area (Å²) < 4.78 is 13.9. The molecule has 0 aliphatic rings. The van der Waals surface area contributed by atoms with Crippen LogP contribution < -0.4 is 0 Å². The standard InChI is InChI=1S/C18H19FN2O3/c1-12(2)10-21(11-14-5-3-4-6-15(14)19)17(22)16-9-13(18(23)24)7-8-20-16/h3-9,12H,10-11H2,1-2H3,(H,23,24). The van der Waals surface area contributed by atoms with Gasteiger partial charge in [-0.15, -0.1) is 0 Å². The smallest absolute Gasteiger partial charge is 0.335 e. The van der Waals surface area contributed by atoms with E-state index in [1.165, 1.54) is 29.3 Å². The number of benzene rings is 1. The number of rotatable bonds is 6. The van der Waals surface area contributed by atoms with Gasteiger partial charge in [0, 0.05) is 24.8 Å². The van der Waals surface area contributed by atoms with Gasteiger partial charge in [0.1, 0.15) is 11.5 Å². The van der Waals surface area contributed by atoms with Gasteiger partial charge in [0.05, 0.1) is 5.56 Å². The van der Waals surface area contributed by atoms with Crippen LogP contribution in [0.5, 0.6) is 0 Å². The lowest BCUT2D eigenvalue weighted by Gasteiger charge is -2.24. The third kappa shape index (κ3) is 4.38. The van der Waals surface area contributed by atoms with Crippen LogP contribution >= 0.6 is 0 Å². The normalized spacial score (nSPS) is 10.7. The van der Waals surface area contributed by atoms with E-state index in [0.29, 0.717) is 12.1 Å². The zero-order valence-corrected chi connectivity index (χ0v) is 13.6. The highest BCUT2D eigenvalue weighted by molar-refractivity contribution is 5.95. The molecule has 0 aliphatic carbocycles. The van der Waals surface area contributed by atoms with E-state index in [-0.39, 0.29) is 29.5 Å². The number of carboxylic acid groups (broad SMARTS) is 1. The highest BCUT2D eigenvalue weighted by Crippen LogP contribution is 2.15. The second-order valence-corrected chi connectivity index (χ2v) is 5.91. The minimum atomic E-state index is -1.13. The van der Waals surface area contributed by atoms with Crippen molar-refractivity contribution >= 4 is 11.9 Å². The van der Waals surface area contributed by atoms with Crippen molar-refractivity contribution in [1.82, 2.24) is 9.88 Å². The number of aromatic carboxylic acids is 1. The maximum absolute atomic E-state index is 13.9. The number of nitrogens with zero attached hydrogens (tertiary/aromatic N) is 2. The Kier molecular flexibility index (Phi) is 5.63. The summed E-state index contributed by atoms with van der Waals surface area (Å²) in [5, 5.41) is 9.04. The SMILES string of the molecule is CC(C)CN(Cc1ccccc1F)C(=O)c1cc(C(=O)O)ccn1. The Morgan fingerprint density at radius 3 is 2.58 bits per heavy atom. The van der Waals surface area contributed by atoms with Gasteiger partial charge < -0.3 is 10.0 Å². The topological polar surface area (TPSA) is 70.5 Å². The van der Waals surface area contributed by atoms with Crippen LogP contribution in [-0.2, 0) is 6.54 Å². The number of carbonyl (C=O) groups is 2. The van der Waals surface area contributed by atoms with E-state index < -0.39 is 11.9 Å². The molecule has 1 N–H and O–H groups in total. The molecule has 1 aromatic heterocycles. The Morgan fingerprint density at radius 1 is 1.25 bits per heavy atom. The van der Waals surface area contributed by atoms with Crippen LogP contribution in [0.4, 0.5) is 4.39 Å². The molecule has 24 heavy (non-hydrogen) atoms. The zero-order valence-electron chi connectivity index (χ0n) is 13.6. The van der Waals surface area contributed by atoms with Crippen LogP contribution in [0.15, 0.2) is 42.6 Å². The largest absolute Gasteiger partial charge is 0.478 e. The van der Waals surface area contributed by atoms with Crippen molar-refractivity contribution in [2.75, 3.05) is 6.54 Å². The highest BCUT2D eigenvalue weighted by Gasteiger charge is 2.20. The second-order valence-electron chi connectivity index (χ2n) is 5.91. The molecule has 126 valence electrons. The molecule has 0 unspecified atom stereocenters. The molecule has 6 heteroatoms. The van der Waals surface area contributed by atoms with Crippen molar-refractivity contribution in [2.24, 2.45) is 5.92 Å². The molecule has 5 nitrogen and oxygen atoms in total. The number of amides is 1. The molecule has 0 radical (unpaired) electrons. The van der Waals surface area contributed by atoms with Crippen molar-refractivity contribution in [3.63, 3.8) is 0 Å². The number of aromatic nitrogens is 1. The molecule has 1 aromatic carbocycles. The summed E-state index contributed by atoms with van der Waals surface area (Å²) in [6.07, 6.45) is 1.29. The van der Waals surface area contributed by atoms with Gasteiger partial charge in [-0.25, -0.2) is 9.18 Å². The Labute approximate surface area is 139 Å². The fourth-order valence-electron chi connectivity index (χ4n) is 2.33. The Bertz CT molecular complexity index is 747. The van der Waals surface area contributed by atoms with E-state index in [2.05, 4.69) is 4.98 Å². The van der Waals surface area contributed by atoms with Crippen LogP contribution in [0.1, 0.15) is 40.3 Å². The maximum Gasteiger partial charge on any atom is 0.335 e. The third-order valence-electron chi connectivity index (χ3n) is 3.42. The summed E-state index contributed by atoms with van der Waals surface area (Å²) in [7, 11) is 0. The van der Waals surface area contributed by atoms with Crippen LogP contribution in [0.2, 0.25) is 0 Å². The first-order chi connectivity index (χ1) is 11.4. The molecule has 0 bridgehead atoms. The number of carbonyl (C=O) groups excluding carboxylic acids is 1. The number of halogens is 1. The first kappa shape index (κ1) is 17.6. The first-order valence-electron chi connectivity index (χ1n) is 7.60. The van der Waals surface area contributed by atoms with E-state index in [1.54, 1.807) is 18.2 Å². The summed E-state index contributed by atoms with van der Waals surface area (Å²) >= 11 is 0. The number of hydrogen-bond donors (Lipinski definition) is 1. The molecular formula is C18H19FN2O3. The van der Waals surface area contributed by atoms with Crippen molar-refractivity contribution in [3.8, 4) is 0 Å². The minimum Gasteiger partial charge on any atom is -0.478 e. The zero-order chi connectivity index (χ0) is 17.7. The van der Waals surface area contributed by atoms with E-state index in [9.17, 15) is 14.0 Å². The fraction of sp³-hybridized carbons (Fsp3) is 0.278. The Hall–Kier alpha value is -2.76. The van der Waals surface area contributed by atoms with Gasteiger partial charge >= 0.3 is 5.97 Å². The van der Waals surface area contributed by atoms with Crippen LogP contribution in [-0.4, -0.2) is 33.4 Å². The van der Waals surface area contributed by atoms with Crippen molar-refractivity contribution < 1.29 is 19.1 Å². The molecule has 0 spiro atoms. The minimum absolute atomic E-state index is 0.0104. The number of carboxylic acids is 1. The molecular weight excluding hydrogens is 311 g/mol. The van der Waals surface area contributed by atoms with Gasteiger partial charge in [-0.3, -0.25) is 9.78 Å². The average Bonchev–Trinajstić information content (AvgIpc) is 2.55. The average molecular weight is 330 g/mol. The molecule has 0 atom stereocenters. The molecule has 1 amide bonds. The molecule has 0 saturated carbocycles. The van der Waals surface area contributed by atoms with E-state index in [4.69, 9.17) is 5.11 Å². The van der Waals surface area contributed by atoms with Crippen molar-refractivity contribution in [1.29, 1.82) is 0 Å². The van der Waals surface area contributed by atoms with Gasteiger partial charge in [-0.2, -0.15) is 0 Å². The summed E-state index contributed by atoms with van der Waals surface area (Å²) in [4.78, 5) is 29.2. The number of hydrogen-bond acceptors (Lipinski definition) is 3.